The van der Waals surface area contributed by atoms with E-state index in [0.29, 0.717) is 6.42 Å². The highest BCUT2D eigenvalue weighted by Gasteiger charge is 1.92. The van der Waals surface area contributed by atoms with E-state index in [9.17, 15) is 8.76 Å². The van der Waals surface area contributed by atoms with Gasteiger partial charge < -0.3 is 8.74 Å². The minimum Gasteiger partial charge on any atom is -0.750 e. The molecule has 0 saturated heterocycles. The van der Waals surface area contributed by atoms with Gasteiger partial charge in [-0.15, -0.1) is 0 Å². The molecule has 0 aromatic carbocycles. The molecule has 0 radical (unpaired) electrons. The van der Waals surface area contributed by atoms with Crippen LogP contribution < -0.4 is 0 Å². The van der Waals surface area contributed by atoms with Crippen molar-refractivity contribution in [3.63, 3.8) is 0 Å². The van der Waals surface area contributed by atoms with Crippen LogP contribution >= 0.6 is 0 Å². The predicted octanol–water partition coefficient (Wildman–Crippen LogP) is 0.435. The smallest absolute Gasteiger partial charge is 0.0842 e. The fraction of sp³-hybridized carbons (Fsp3) is 0.286. The Morgan fingerprint density at radius 3 is 3.00 bits per heavy atom. The van der Waals surface area contributed by atoms with E-state index in [1.165, 1.54) is 0 Å². The van der Waals surface area contributed by atoms with E-state index >= 15 is 0 Å². The zero-order valence-corrected chi connectivity index (χ0v) is 7.12. The van der Waals surface area contributed by atoms with Crippen molar-refractivity contribution in [1.29, 1.82) is 0 Å². The quantitative estimate of drug-likeness (QED) is 0.640. The molecule has 1 rings (SSSR count). The van der Waals surface area contributed by atoms with Crippen LogP contribution in [0.1, 0.15) is 5.69 Å². The Hall–Kier alpha value is -0.780. The average molecular weight is 186 g/mol. The summed E-state index contributed by atoms with van der Waals surface area (Å²) >= 11 is -2.42. The fourth-order valence-electron chi connectivity index (χ4n) is 0.760. The molecular formula is C7H8NO3S-. The van der Waals surface area contributed by atoms with Gasteiger partial charge in [-0.3, -0.25) is 4.98 Å². The van der Waals surface area contributed by atoms with Crippen molar-refractivity contribution in [3.05, 3.63) is 30.1 Å². The summed E-state index contributed by atoms with van der Waals surface area (Å²) in [6, 6.07) is 5.46. The Kier molecular flexibility index (Phi) is 3.86. The molecular weight excluding hydrogens is 178 g/mol. The number of pyridine rings is 1. The maximum Gasteiger partial charge on any atom is 0.0842 e. The number of nitrogens with zero attached hydrogens (tertiary/aromatic N) is 1. The minimum absolute atomic E-state index is 0.146. The highest BCUT2D eigenvalue weighted by molar-refractivity contribution is 7.74. The largest absolute Gasteiger partial charge is 0.750 e. The van der Waals surface area contributed by atoms with Gasteiger partial charge in [0.15, 0.2) is 0 Å². The van der Waals surface area contributed by atoms with Crippen molar-refractivity contribution in [2.45, 2.75) is 6.42 Å². The molecule has 0 amide bonds. The first-order chi connectivity index (χ1) is 5.79. The van der Waals surface area contributed by atoms with E-state index in [2.05, 4.69) is 9.17 Å². The summed E-state index contributed by atoms with van der Waals surface area (Å²) in [6.45, 7) is 0.146. The van der Waals surface area contributed by atoms with Crippen molar-refractivity contribution >= 4 is 11.4 Å². The molecule has 0 saturated carbocycles. The molecule has 1 unspecified atom stereocenters. The van der Waals surface area contributed by atoms with Gasteiger partial charge in [0.2, 0.25) is 0 Å². The van der Waals surface area contributed by atoms with E-state index in [1.807, 2.05) is 12.1 Å². The SMILES string of the molecule is O=S([O-])OCCc1ccccn1. The molecule has 0 aliphatic carbocycles. The molecule has 0 bridgehead atoms. The standard InChI is InChI=1S/C7H9NO3S/c9-12(10)11-6-4-7-3-1-2-5-8-7/h1-3,5H,4,6H2,(H,9,10)/p-1. The number of rotatable bonds is 4. The third-order valence-electron chi connectivity index (χ3n) is 1.26. The molecule has 1 atom stereocenters. The third kappa shape index (κ3) is 3.56. The van der Waals surface area contributed by atoms with Crippen LogP contribution in [0.4, 0.5) is 0 Å². The van der Waals surface area contributed by atoms with Crippen LogP contribution in [0.2, 0.25) is 0 Å². The normalized spacial score (nSPS) is 12.8. The van der Waals surface area contributed by atoms with Crippen molar-refractivity contribution in [1.82, 2.24) is 4.98 Å². The predicted molar refractivity (Wildman–Crippen MR) is 42.8 cm³/mol. The Labute approximate surface area is 73.1 Å². The first-order valence-electron chi connectivity index (χ1n) is 3.41. The lowest BCUT2D eigenvalue weighted by molar-refractivity contribution is 0.303. The molecule has 12 heavy (non-hydrogen) atoms. The summed E-state index contributed by atoms with van der Waals surface area (Å²) in [5.74, 6) is 0. The molecule has 1 heterocycles. The van der Waals surface area contributed by atoms with Crippen LogP contribution in [0.3, 0.4) is 0 Å². The van der Waals surface area contributed by atoms with Gasteiger partial charge >= 0.3 is 0 Å². The topological polar surface area (TPSA) is 62.2 Å². The van der Waals surface area contributed by atoms with Crippen molar-refractivity contribution in [3.8, 4) is 0 Å². The summed E-state index contributed by atoms with van der Waals surface area (Å²) in [7, 11) is 0. The van der Waals surface area contributed by atoms with Crippen molar-refractivity contribution in [2.75, 3.05) is 6.61 Å². The van der Waals surface area contributed by atoms with Gasteiger partial charge in [0.05, 0.1) is 18.0 Å². The van der Waals surface area contributed by atoms with E-state index < -0.39 is 11.4 Å². The van der Waals surface area contributed by atoms with Crippen LogP contribution in [-0.2, 0) is 22.0 Å². The lowest BCUT2D eigenvalue weighted by Crippen LogP contribution is -2.01. The molecule has 0 aliphatic heterocycles. The Balaban J connectivity index is 2.29. The third-order valence-corrected chi connectivity index (χ3v) is 1.62. The number of hydrogen-bond acceptors (Lipinski definition) is 4. The maximum absolute atomic E-state index is 9.95. The average Bonchev–Trinajstić information content (AvgIpc) is 2.05. The van der Waals surface area contributed by atoms with Crippen molar-refractivity contribution < 1.29 is 12.9 Å². The summed E-state index contributed by atoms with van der Waals surface area (Å²) in [5, 5.41) is 0. The van der Waals surface area contributed by atoms with E-state index in [1.54, 1.807) is 12.3 Å². The van der Waals surface area contributed by atoms with E-state index in [0.717, 1.165) is 5.69 Å². The van der Waals surface area contributed by atoms with E-state index in [-0.39, 0.29) is 6.61 Å². The van der Waals surface area contributed by atoms with Gasteiger partial charge in [0.25, 0.3) is 0 Å². The molecule has 1 aromatic rings. The molecule has 0 fully saturated rings. The second-order valence-corrected chi connectivity index (χ2v) is 2.74. The van der Waals surface area contributed by atoms with Gasteiger partial charge in [0, 0.05) is 18.3 Å². The molecule has 5 heteroatoms. The van der Waals surface area contributed by atoms with E-state index in [4.69, 9.17) is 0 Å². The number of hydrogen-bond donors (Lipinski definition) is 0. The molecule has 4 nitrogen and oxygen atoms in total. The number of aromatic nitrogens is 1. The first-order valence-corrected chi connectivity index (χ1v) is 4.41. The monoisotopic (exact) mass is 186 g/mol. The molecule has 1 aromatic heterocycles. The second-order valence-electron chi connectivity index (χ2n) is 2.10. The Bertz CT molecular complexity index is 252. The molecule has 66 valence electrons. The lowest BCUT2D eigenvalue weighted by atomic mass is 10.3. The molecule has 0 N–H and O–H groups in total. The zero-order valence-electron chi connectivity index (χ0n) is 6.30. The van der Waals surface area contributed by atoms with Crippen LogP contribution in [0, 0.1) is 0 Å². The Morgan fingerprint density at radius 2 is 2.42 bits per heavy atom. The van der Waals surface area contributed by atoms with Crippen LogP contribution in [-0.4, -0.2) is 20.4 Å². The van der Waals surface area contributed by atoms with Crippen molar-refractivity contribution in [2.24, 2.45) is 0 Å². The van der Waals surface area contributed by atoms with Crippen LogP contribution in [0.5, 0.6) is 0 Å². The Morgan fingerprint density at radius 1 is 1.58 bits per heavy atom. The van der Waals surface area contributed by atoms with Gasteiger partial charge in [0.1, 0.15) is 0 Å². The maximum atomic E-state index is 9.95. The summed E-state index contributed by atoms with van der Waals surface area (Å²) < 4.78 is 24.2. The summed E-state index contributed by atoms with van der Waals surface area (Å²) in [6.07, 6.45) is 2.16. The highest BCUT2D eigenvalue weighted by Crippen LogP contribution is 1.95. The molecule has 0 spiro atoms. The zero-order chi connectivity index (χ0) is 8.81. The van der Waals surface area contributed by atoms with Crippen LogP contribution in [0.15, 0.2) is 24.4 Å². The van der Waals surface area contributed by atoms with Gasteiger partial charge in [-0.05, 0) is 12.1 Å². The second kappa shape index (κ2) is 4.97. The van der Waals surface area contributed by atoms with Gasteiger partial charge in [-0.1, -0.05) is 6.07 Å². The van der Waals surface area contributed by atoms with Gasteiger partial charge in [-0.25, -0.2) is 4.21 Å². The van der Waals surface area contributed by atoms with Gasteiger partial charge in [-0.2, -0.15) is 0 Å². The first kappa shape index (κ1) is 9.31. The van der Waals surface area contributed by atoms with Crippen LogP contribution in [0.25, 0.3) is 0 Å². The summed E-state index contributed by atoms with van der Waals surface area (Å²) in [5.41, 5.74) is 0.822. The fourth-order valence-corrected chi connectivity index (χ4v) is 0.980. The summed E-state index contributed by atoms with van der Waals surface area (Å²) in [4.78, 5) is 3.99. The highest BCUT2D eigenvalue weighted by atomic mass is 32.2. The molecule has 0 aliphatic rings. The lowest BCUT2D eigenvalue weighted by Gasteiger charge is -2.04. The minimum atomic E-state index is -2.42.